The highest BCUT2D eigenvalue weighted by Gasteiger charge is 2.25. The maximum Gasteiger partial charge on any atom is 0.261 e. The molecule has 0 spiro atoms. The summed E-state index contributed by atoms with van der Waals surface area (Å²) in [5.74, 6) is -0.142. The van der Waals surface area contributed by atoms with Crippen LogP contribution in [0.15, 0.2) is 18.2 Å². The fraction of sp³-hybridized carbons (Fsp3) is 0.200. The van der Waals surface area contributed by atoms with Gasteiger partial charge in [-0.25, -0.2) is 0 Å². The molecule has 1 aromatic carbocycles. The molecule has 0 atom stereocenters. The summed E-state index contributed by atoms with van der Waals surface area (Å²) in [4.78, 5) is 22.5. The van der Waals surface area contributed by atoms with Gasteiger partial charge >= 0.3 is 0 Å². The van der Waals surface area contributed by atoms with Crippen LogP contribution in [0.4, 0.5) is 0 Å². The molecule has 1 heterocycles. The number of imide groups is 1. The lowest BCUT2D eigenvalue weighted by atomic mass is 9.99. The largest absolute Gasteiger partial charge is 0.496 e. The molecule has 72 valence electrons. The lowest BCUT2D eigenvalue weighted by Gasteiger charge is -2.17. The minimum absolute atomic E-state index is 0.234. The minimum atomic E-state index is -0.381. The first-order chi connectivity index (χ1) is 6.72. The molecule has 2 amide bonds. The molecular formula is C10H9NO3. The van der Waals surface area contributed by atoms with Gasteiger partial charge in [0, 0.05) is 0 Å². The van der Waals surface area contributed by atoms with Crippen molar-refractivity contribution in [3.63, 3.8) is 0 Å². The van der Waals surface area contributed by atoms with Crippen molar-refractivity contribution in [2.45, 2.75) is 6.42 Å². The Hall–Kier alpha value is -1.84. The zero-order chi connectivity index (χ0) is 10.1. The normalized spacial score (nSPS) is 14.6. The summed E-state index contributed by atoms with van der Waals surface area (Å²) in [6, 6.07) is 5.23. The monoisotopic (exact) mass is 191 g/mol. The van der Waals surface area contributed by atoms with Crippen molar-refractivity contribution in [2.24, 2.45) is 0 Å². The van der Waals surface area contributed by atoms with Gasteiger partial charge in [0.15, 0.2) is 0 Å². The number of rotatable bonds is 1. The first kappa shape index (κ1) is 8.74. The molecule has 4 heteroatoms. The van der Waals surface area contributed by atoms with E-state index in [1.807, 2.05) is 0 Å². The Balaban J connectivity index is 2.58. The van der Waals surface area contributed by atoms with Crippen molar-refractivity contribution in [3.8, 4) is 5.75 Å². The molecule has 0 saturated heterocycles. The number of carbonyl (C=O) groups is 2. The van der Waals surface area contributed by atoms with Gasteiger partial charge in [-0.3, -0.25) is 14.9 Å². The van der Waals surface area contributed by atoms with Gasteiger partial charge in [-0.2, -0.15) is 0 Å². The highest BCUT2D eigenvalue weighted by Crippen LogP contribution is 2.24. The van der Waals surface area contributed by atoms with Gasteiger partial charge in [0.25, 0.3) is 5.91 Å². The third-order valence-corrected chi connectivity index (χ3v) is 2.16. The van der Waals surface area contributed by atoms with E-state index in [-0.39, 0.29) is 18.2 Å². The number of ether oxygens (including phenoxy) is 1. The van der Waals surface area contributed by atoms with Gasteiger partial charge < -0.3 is 4.74 Å². The summed E-state index contributed by atoms with van der Waals surface area (Å²) in [5, 5.41) is 2.25. The van der Waals surface area contributed by atoms with Crippen molar-refractivity contribution < 1.29 is 14.3 Å². The lowest BCUT2D eigenvalue weighted by Crippen LogP contribution is -2.37. The number of benzene rings is 1. The molecule has 0 unspecified atom stereocenters. The molecule has 0 radical (unpaired) electrons. The fourth-order valence-electron chi connectivity index (χ4n) is 1.56. The summed E-state index contributed by atoms with van der Waals surface area (Å²) >= 11 is 0. The van der Waals surface area contributed by atoms with Crippen LogP contribution in [0.25, 0.3) is 0 Å². The maximum atomic E-state index is 11.5. The van der Waals surface area contributed by atoms with E-state index in [0.717, 1.165) is 5.56 Å². The van der Waals surface area contributed by atoms with Gasteiger partial charge in [0.1, 0.15) is 5.75 Å². The van der Waals surface area contributed by atoms with Crippen molar-refractivity contribution in [1.29, 1.82) is 0 Å². The van der Waals surface area contributed by atoms with Crippen LogP contribution in [0.1, 0.15) is 15.9 Å². The van der Waals surface area contributed by atoms with E-state index in [4.69, 9.17) is 4.74 Å². The lowest BCUT2D eigenvalue weighted by molar-refractivity contribution is -0.119. The van der Waals surface area contributed by atoms with Crippen LogP contribution in [0.3, 0.4) is 0 Å². The first-order valence-electron chi connectivity index (χ1n) is 4.22. The van der Waals surface area contributed by atoms with Crippen LogP contribution in [0.2, 0.25) is 0 Å². The quantitative estimate of drug-likeness (QED) is 0.658. The topological polar surface area (TPSA) is 55.4 Å². The minimum Gasteiger partial charge on any atom is -0.496 e. The predicted molar refractivity (Wildman–Crippen MR) is 49.2 cm³/mol. The summed E-state index contributed by atoms with van der Waals surface area (Å²) in [6.45, 7) is 0. The molecule has 0 aromatic heterocycles. The first-order valence-corrected chi connectivity index (χ1v) is 4.22. The SMILES string of the molecule is COc1cccc2c1C(=O)NC(=O)C2. The van der Waals surface area contributed by atoms with E-state index in [0.29, 0.717) is 11.3 Å². The molecule has 0 aliphatic carbocycles. The number of methoxy groups -OCH3 is 1. The summed E-state index contributed by atoms with van der Waals surface area (Å²) < 4.78 is 5.05. The van der Waals surface area contributed by atoms with Crippen LogP contribution in [0.5, 0.6) is 5.75 Å². The van der Waals surface area contributed by atoms with Crippen LogP contribution in [0, 0.1) is 0 Å². The van der Waals surface area contributed by atoms with Gasteiger partial charge in [0.05, 0.1) is 19.1 Å². The molecule has 14 heavy (non-hydrogen) atoms. The average molecular weight is 191 g/mol. The third-order valence-electron chi connectivity index (χ3n) is 2.16. The van der Waals surface area contributed by atoms with Gasteiger partial charge in [-0.15, -0.1) is 0 Å². The second kappa shape index (κ2) is 3.14. The fourth-order valence-corrected chi connectivity index (χ4v) is 1.56. The highest BCUT2D eigenvalue weighted by molar-refractivity contribution is 6.11. The van der Waals surface area contributed by atoms with Crippen molar-refractivity contribution in [3.05, 3.63) is 29.3 Å². The molecule has 4 nitrogen and oxygen atoms in total. The maximum absolute atomic E-state index is 11.5. The van der Waals surface area contributed by atoms with Crippen LogP contribution in [-0.4, -0.2) is 18.9 Å². The van der Waals surface area contributed by atoms with E-state index in [2.05, 4.69) is 5.32 Å². The molecule has 1 N–H and O–H groups in total. The van der Waals surface area contributed by atoms with Crippen LogP contribution in [-0.2, 0) is 11.2 Å². The predicted octanol–water partition coefficient (Wildman–Crippen LogP) is 0.508. The van der Waals surface area contributed by atoms with E-state index < -0.39 is 0 Å². The van der Waals surface area contributed by atoms with E-state index in [1.165, 1.54) is 7.11 Å². The number of hydrogen-bond acceptors (Lipinski definition) is 3. The Morgan fingerprint density at radius 3 is 2.86 bits per heavy atom. The smallest absolute Gasteiger partial charge is 0.261 e. The number of amides is 2. The highest BCUT2D eigenvalue weighted by atomic mass is 16.5. The summed E-state index contributed by atoms with van der Waals surface area (Å²) in [7, 11) is 1.50. The average Bonchev–Trinajstić information content (AvgIpc) is 2.16. The van der Waals surface area contributed by atoms with Gasteiger partial charge in [0.2, 0.25) is 5.91 Å². The Morgan fingerprint density at radius 2 is 2.14 bits per heavy atom. The Morgan fingerprint density at radius 1 is 1.36 bits per heavy atom. The second-order valence-electron chi connectivity index (χ2n) is 3.05. The molecule has 1 aliphatic heterocycles. The molecule has 0 bridgehead atoms. The molecular weight excluding hydrogens is 182 g/mol. The summed E-state index contributed by atoms with van der Waals surface area (Å²) in [5.41, 5.74) is 1.19. The van der Waals surface area contributed by atoms with Crippen molar-refractivity contribution in [2.75, 3.05) is 7.11 Å². The molecule has 0 fully saturated rings. The van der Waals surface area contributed by atoms with E-state index in [1.54, 1.807) is 18.2 Å². The zero-order valence-corrected chi connectivity index (χ0v) is 7.66. The van der Waals surface area contributed by atoms with Crippen LogP contribution >= 0.6 is 0 Å². The van der Waals surface area contributed by atoms with Gasteiger partial charge in [-0.05, 0) is 11.6 Å². The Bertz CT molecular complexity index is 412. The number of carbonyl (C=O) groups excluding carboxylic acids is 2. The second-order valence-corrected chi connectivity index (χ2v) is 3.05. The molecule has 2 rings (SSSR count). The van der Waals surface area contributed by atoms with E-state index in [9.17, 15) is 9.59 Å². The number of hydrogen-bond donors (Lipinski definition) is 1. The van der Waals surface area contributed by atoms with E-state index >= 15 is 0 Å². The third kappa shape index (κ3) is 1.25. The van der Waals surface area contributed by atoms with Crippen molar-refractivity contribution in [1.82, 2.24) is 5.32 Å². The molecule has 0 saturated carbocycles. The zero-order valence-electron chi connectivity index (χ0n) is 7.66. The van der Waals surface area contributed by atoms with Crippen molar-refractivity contribution >= 4 is 11.8 Å². The number of nitrogens with one attached hydrogen (secondary N) is 1. The number of fused-ring (bicyclic) bond motifs is 1. The summed E-state index contributed by atoms with van der Waals surface area (Å²) in [6.07, 6.45) is 0.234. The van der Waals surface area contributed by atoms with Crippen LogP contribution < -0.4 is 10.1 Å². The molecule has 1 aliphatic rings. The molecule has 1 aromatic rings. The standard InChI is InChI=1S/C10H9NO3/c1-14-7-4-2-3-6-5-8(12)11-10(13)9(6)7/h2-4H,5H2,1H3,(H,11,12,13). The Labute approximate surface area is 80.9 Å². The Kier molecular flexibility index (Phi) is 1.96. The van der Waals surface area contributed by atoms with Gasteiger partial charge in [-0.1, -0.05) is 12.1 Å².